The van der Waals surface area contributed by atoms with Gasteiger partial charge in [-0.3, -0.25) is 0 Å². The molecule has 0 atom stereocenters. The predicted molar refractivity (Wildman–Crippen MR) is 59.3 cm³/mol. The van der Waals surface area contributed by atoms with Gasteiger partial charge in [-0.1, -0.05) is 18.5 Å². The second-order valence-corrected chi connectivity index (χ2v) is 5.23. The summed E-state index contributed by atoms with van der Waals surface area (Å²) in [5.41, 5.74) is 0. The Morgan fingerprint density at radius 2 is 2.25 bits per heavy atom. The van der Waals surface area contributed by atoms with Crippen LogP contribution in [-0.2, 0) is 10.0 Å². The summed E-state index contributed by atoms with van der Waals surface area (Å²) in [6.07, 6.45) is 1.18. The van der Waals surface area contributed by atoms with E-state index in [2.05, 4.69) is 4.98 Å². The Bertz CT molecular complexity index is 492. The lowest BCUT2D eigenvalue weighted by atomic mass is 10.5. The van der Waals surface area contributed by atoms with Gasteiger partial charge in [-0.05, 0) is 12.1 Å². The van der Waals surface area contributed by atoms with E-state index in [0.29, 0.717) is 0 Å². The van der Waals surface area contributed by atoms with Crippen LogP contribution in [0, 0.1) is 11.3 Å². The Labute approximate surface area is 99.3 Å². The number of halogens is 1. The summed E-state index contributed by atoms with van der Waals surface area (Å²) in [5, 5.41) is 8.75. The van der Waals surface area contributed by atoms with Crippen molar-refractivity contribution in [2.45, 2.75) is 11.8 Å². The van der Waals surface area contributed by atoms with Crippen molar-refractivity contribution >= 4 is 21.6 Å². The molecular formula is C9H10ClN3O2S. The molecule has 0 fully saturated rings. The molecule has 16 heavy (non-hydrogen) atoms. The molecule has 0 N–H and O–H groups in total. The van der Waals surface area contributed by atoms with Gasteiger partial charge in [0.05, 0.1) is 6.07 Å². The van der Waals surface area contributed by atoms with Crippen molar-refractivity contribution < 1.29 is 8.42 Å². The second kappa shape index (κ2) is 5.25. The third-order valence-electron chi connectivity index (χ3n) is 1.94. The highest BCUT2D eigenvalue weighted by molar-refractivity contribution is 7.89. The number of pyridine rings is 1. The molecule has 7 heteroatoms. The molecule has 0 bridgehead atoms. The lowest BCUT2D eigenvalue weighted by molar-refractivity contribution is 0.462. The molecule has 0 saturated carbocycles. The van der Waals surface area contributed by atoms with Crippen LogP contribution >= 0.6 is 11.6 Å². The minimum Gasteiger partial charge on any atom is -0.243 e. The highest BCUT2D eigenvalue weighted by atomic mass is 35.5. The predicted octanol–water partition coefficient (Wildman–Crippen LogP) is 1.27. The van der Waals surface area contributed by atoms with Gasteiger partial charge in [0.1, 0.15) is 16.6 Å². The quantitative estimate of drug-likeness (QED) is 0.603. The number of aromatic nitrogens is 1. The van der Waals surface area contributed by atoms with Gasteiger partial charge in [-0.25, -0.2) is 13.4 Å². The van der Waals surface area contributed by atoms with E-state index in [1.54, 1.807) is 13.0 Å². The summed E-state index contributed by atoms with van der Waals surface area (Å²) in [5.74, 6) is 0. The average Bonchev–Trinajstić information content (AvgIpc) is 2.26. The minimum absolute atomic E-state index is 0.0361. The van der Waals surface area contributed by atoms with Gasteiger partial charge < -0.3 is 0 Å². The average molecular weight is 260 g/mol. The Hall–Kier alpha value is -1.16. The van der Waals surface area contributed by atoms with E-state index in [-0.39, 0.29) is 23.1 Å². The first-order valence-corrected chi connectivity index (χ1v) is 6.32. The van der Waals surface area contributed by atoms with Crippen molar-refractivity contribution in [3.05, 3.63) is 23.5 Å². The van der Waals surface area contributed by atoms with E-state index in [0.717, 1.165) is 4.31 Å². The van der Waals surface area contributed by atoms with Gasteiger partial charge in [0.15, 0.2) is 0 Å². The number of rotatable bonds is 4. The van der Waals surface area contributed by atoms with Gasteiger partial charge in [0, 0.05) is 12.7 Å². The van der Waals surface area contributed by atoms with Crippen LogP contribution in [0.25, 0.3) is 0 Å². The fourth-order valence-electron chi connectivity index (χ4n) is 1.11. The SMILES string of the molecule is CCN(CC#N)S(=O)(=O)c1ccc(Cl)nc1. The maximum absolute atomic E-state index is 12.0. The van der Waals surface area contributed by atoms with Crippen molar-refractivity contribution in [3.63, 3.8) is 0 Å². The van der Waals surface area contributed by atoms with E-state index in [9.17, 15) is 8.42 Å². The van der Waals surface area contributed by atoms with Crippen LogP contribution in [-0.4, -0.2) is 30.8 Å². The van der Waals surface area contributed by atoms with E-state index >= 15 is 0 Å². The highest BCUT2D eigenvalue weighted by Crippen LogP contribution is 2.15. The summed E-state index contributed by atoms with van der Waals surface area (Å²) in [6.45, 7) is 1.72. The summed E-state index contributed by atoms with van der Waals surface area (Å²) >= 11 is 5.56. The molecule has 0 amide bonds. The van der Waals surface area contributed by atoms with Gasteiger partial charge in [-0.2, -0.15) is 9.57 Å². The van der Waals surface area contributed by atoms with Crippen LogP contribution in [0.15, 0.2) is 23.2 Å². The molecule has 0 unspecified atom stereocenters. The molecule has 0 aliphatic heterocycles. The lowest BCUT2D eigenvalue weighted by Gasteiger charge is -2.16. The largest absolute Gasteiger partial charge is 0.245 e. The fraction of sp³-hybridized carbons (Fsp3) is 0.333. The molecule has 0 saturated heterocycles. The van der Waals surface area contributed by atoms with Crippen molar-refractivity contribution in [2.24, 2.45) is 0 Å². The molecule has 1 heterocycles. The molecule has 1 aromatic heterocycles. The molecule has 1 aromatic rings. The van der Waals surface area contributed by atoms with Crippen LogP contribution in [0.5, 0.6) is 0 Å². The van der Waals surface area contributed by atoms with E-state index in [1.807, 2.05) is 0 Å². The topological polar surface area (TPSA) is 74.1 Å². The maximum atomic E-state index is 12.0. The van der Waals surface area contributed by atoms with Crippen LogP contribution in [0.4, 0.5) is 0 Å². The zero-order valence-corrected chi connectivity index (χ0v) is 10.2. The van der Waals surface area contributed by atoms with Crippen molar-refractivity contribution in [1.29, 1.82) is 5.26 Å². The third-order valence-corrected chi connectivity index (χ3v) is 4.07. The third kappa shape index (κ3) is 2.70. The standard InChI is InChI=1S/C9H10ClN3O2S/c1-2-13(6-5-11)16(14,15)8-3-4-9(10)12-7-8/h3-4,7H,2,6H2,1H3. The number of hydrogen-bond donors (Lipinski definition) is 0. The number of nitriles is 1. The molecule has 0 spiro atoms. The minimum atomic E-state index is -3.64. The Morgan fingerprint density at radius 1 is 1.56 bits per heavy atom. The monoisotopic (exact) mass is 259 g/mol. The molecule has 0 aliphatic carbocycles. The molecule has 1 rings (SSSR count). The summed E-state index contributed by atoms with van der Waals surface area (Å²) in [4.78, 5) is 3.74. The summed E-state index contributed by atoms with van der Waals surface area (Å²) in [7, 11) is -3.64. The molecule has 5 nitrogen and oxygen atoms in total. The zero-order chi connectivity index (χ0) is 12.2. The van der Waals surface area contributed by atoms with Crippen molar-refractivity contribution in [2.75, 3.05) is 13.1 Å². The second-order valence-electron chi connectivity index (χ2n) is 2.91. The first kappa shape index (κ1) is 12.9. The highest BCUT2D eigenvalue weighted by Gasteiger charge is 2.22. The van der Waals surface area contributed by atoms with Gasteiger partial charge >= 0.3 is 0 Å². The Balaban J connectivity index is 3.10. The van der Waals surface area contributed by atoms with Gasteiger partial charge in [0.25, 0.3) is 0 Å². The van der Waals surface area contributed by atoms with E-state index in [1.165, 1.54) is 18.3 Å². The maximum Gasteiger partial charge on any atom is 0.245 e. The normalized spacial score (nSPS) is 11.4. The van der Waals surface area contributed by atoms with Crippen LogP contribution in [0.1, 0.15) is 6.92 Å². The van der Waals surface area contributed by atoms with Crippen LogP contribution < -0.4 is 0 Å². The van der Waals surface area contributed by atoms with E-state index in [4.69, 9.17) is 16.9 Å². The van der Waals surface area contributed by atoms with Gasteiger partial charge in [-0.15, -0.1) is 0 Å². The smallest absolute Gasteiger partial charge is 0.243 e. The Kier molecular flexibility index (Phi) is 4.24. The van der Waals surface area contributed by atoms with Crippen molar-refractivity contribution in [1.82, 2.24) is 9.29 Å². The summed E-state index contributed by atoms with van der Waals surface area (Å²) in [6, 6.07) is 4.57. The van der Waals surface area contributed by atoms with Crippen LogP contribution in [0.3, 0.4) is 0 Å². The van der Waals surface area contributed by atoms with Crippen LogP contribution in [0.2, 0.25) is 5.15 Å². The molecular weight excluding hydrogens is 250 g/mol. The fourth-order valence-corrected chi connectivity index (χ4v) is 2.51. The molecule has 0 aromatic carbocycles. The number of nitrogens with zero attached hydrogens (tertiary/aromatic N) is 3. The molecule has 0 radical (unpaired) electrons. The number of sulfonamides is 1. The van der Waals surface area contributed by atoms with Gasteiger partial charge in [0.2, 0.25) is 10.0 Å². The zero-order valence-electron chi connectivity index (χ0n) is 8.59. The first-order valence-electron chi connectivity index (χ1n) is 4.51. The number of hydrogen-bond acceptors (Lipinski definition) is 4. The van der Waals surface area contributed by atoms with Crippen molar-refractivity contribution in [3.8, 4) is 6.07 Å². The lowest BCUT2D eigenvalue weighted by Crippen LogP contribution is -2.31. The van der Waals surface area contributed by atoms with E-state index < -0.39 is 10.0 Å². The molecule has 86 valence electrons. The first-order chi connectivity index (χ1) is 7.52. The summed E-state index contributed by atoms with van der Waals surface area (Å²) < 4.78 is 25.0. The molecule has 0 aliphatic rings. The Morgan fingerprint density at radius 3 is 2.69 bits per heavy atom.